The zero-order valence-corrected chi connectivity index (χ0v) is 19.7. The van der Waals surface area contributed by atoms with Crippen LogP contribution in [0.5, 0.6) is 0 Å². The Labute approximate surface area is 205 Å². The number of nitrogens with zero attached hydrogens (tertiary/aromatic N) is 2. The van der Waals surface area contributed by atoms with Gasteiger partial charge in [0.15, 0.2) is 0 Å². The van der Waals surface area contributed by atoms with E-state index in [-0.39, 0.29) is 35.7 Å². The number of ether oxygens (including phenoxy) is 2. The van der Waals surface area contributed by atoms with Gasteiger partial charge in [-0.15, -0.1) is 11.3 Å². The predicted octanol–water partition coefficient (Wildman–Crippen LogP) is 4.45. The summed E-state index contributed by atoms with van der Waals surface area (Å²) in [6, 6.07) is 15.5. The highest BCUT2D eigenvalue weighted by Crippen LogP contribution is 2.28. The van der Waals surface area contributed by atoms with Gasteiger partial charge >= 0.3 is 0 Å². The molecule has 3 aromatic rings. The van der Waals surface area contributed by atoms with Crippen LogP contribution in [0.1, 0.15) is 42.7 Å². The van der Waals surface area contributed by atoms with Crippen molar-refractivity contribution in [1.82, 2.24) is 9.80 Å². The monoisotopic (exact) mass is 498 g/mol. The summed E-state index contributed by atoms with van der Waals surface area (Å²) in [5.74, 6) is -0.957. The highest BCUT2D eigenvalue weighted by molar-refractivity contribution is 7.15. The molecular weight excluding hydrogens is 474 g/mol. The van der Waals surface area contributed by atoms with Gasteiger partial charge in [0.05, 0.1) is 36.1 Å². The van der Waals surface area contributed by atoms with Crippen molar-refractivity contribution in [2.24, 2.45) is 0 Å². The van der Waals surface area contributed by atoms with Crippen LogP contribution in [0.2, 0.25) is 0 Å². The average Bonchev–Trinajstić information content (AvgIpc) is 3.39. The third-order valence-electron chi connectivity index (χ3n) is 6.22. The molecule has 9 heteroatoms. The summed E-state index contributed by atoms with van der Waals surface area (Å²) in [7, 11) is 0. The van der Waals surface area contributed by atoms with Crippen LogP contribution in [0.15, 0.2) is 60.7 Å². The van der Waals surface area contributed by atoms with E-state index in [9.17, 15) is 18.4 Å². The van der Waals surface area contributed by atoms with E-state index < -0.39 is 0 Å². The molecule has 2 aliphatic rings. The first kappa shape index (κ1) is 23.6. The first-order valence-electron chi connectivity index (χ1n) is 11.4. The smallest absolute Gasteiger partial charge is 0.264 e. The molecule has 35 heavy (non-hydrogen) atoms. The fourth-order valence-corrected chi connectivity index (χ4v) is 5.25. The standard InChI is InChI=1S/C26H24F2N2O4S/c27-19-5-1-17(2-6-19)21-15-29(11-13-33-21)25(31)23-9-10-24(35-23)26(32)30-12-14-34-22(16-30)18-3-7-20(28)8-4-18/h1-10,21-22H,11-16H2. The Bertz CT molecular complexity index is 1110. The van der Waals surface area contributed by atoms with Crippen LogP contribution < -0.4 is 0 Å². The molecule has 0 spiro atoms. The van der Waals surface area contributed by atoms with Crippen LogP contribution in [-0.2, 0) is 9.47 Å². The molecule has 1 aromatic heterocycles. The molecule has 0 aliphatic carbocycles. The van der Waals surface area contributed by atoms with Gasteiger partial charge in [0.1, 0.15) is 23.8 Å². The van der Waals surface area contributed by atoms with Crippen LogP contribution in [-0.4, -0.2) is 61.0 Å². The molecule has 0 saturated carbocycles. The molecule has 2 amide bonds. The molecule has 2 aromatic carbocycles. The van der Waals surface area contributed by atoms with E-state index in [4.69, 9.17) is 9.47 Å². The normalized spacial score (nSPS) is 20.6. The second-order valence-corrected chi connectivity index (χ2v) is 9.57. The van der Waals surface area contributed by atoms with Gasteiger partial charge in [-0.25, -0.2) is 8.78 Å². The molecular formula is C26H24F2N2O4S. The lowest BCUT2D eigenvalue weighted by Crippen LogP contribution is -2.42. The number of carbonyl (C=O) groups is 2. The lowest BCUT2D eigenvalue weighted by molar-refractivity contribution is -0.0227. The molecule has 3 heterocycles. The first-order valence-corrected chi connectivity index (χ1v) is 12.2. The second-order valence-electron chi connectivity index (χ2n) is 8.49. The number of thiophene rings is 1. The van der Waals surface area contributed by atoms with Crippen LogP contribution in [0.4, 0.5) is 8.78 Å². The number of hydrogen-bond acceptors (Lipinski definition) is 5. The second kappa shape index (κ2) is 10.2. The highest BCUT2D eigenvalue weighted by atomic mass is 32.1. The molecule has 2 unspecified atom stereocenters. The topological polar surface area (TPSA) is 59.1 Å². The van der Waals surface area contributed by atoms with E-state index in [1.807, 2.05) is 0 Å². The minimum absolute atomic E-state index is 0.157. The Kier molecular flexibility index (Phi) is 6.90. The molecule has 182 valence electrons. The van der Waals surface area contributed by atoms with Gasteiger partial charge in [-0.2, -0.15) is 0 Å². The van der Waals surface area contributed by atoms with Crippen LogP contribution in [0, 0.1) is 11.6 Å². The molecule has 2 saturated heterocycles. The molecule has 2 aliphatic heterocycles. The number of halogens is 2. The lowest BCUT2D eigenvalue weighted by Gasteiger charge is -2.33. The van der Waals surface area contributed by atoms with Gasteiger partial charge in [0, 0.05) is 13.1 Å². The molecule has 0 N–H and O–H groups in total. The first-order chi connectivity index (χ1) is 17.0. The number of hydrogen-bond donors (Lipinski definition) is 0. The molecule has 2 atom stereocenters. The third kappa shape index (κ3) is 5.27. The van der Waals surface area contributed by atoms with Crippen LogP contribution in [0.25, 0.3) is 0 Å². The Morgan fingerprint density at radius 3 is 1.49 bits per heavy atom. The Hall–Kier alpha value is -3.14. The van der Waals surface area contributed by atoms with E-state index >= 15 is 0 Å². The summed E-state index contributed by atoms with van der Waals surface area (Å²) in [5, 5.41) is 0. The van der Waals surface area contributed by atoms with Crippen molar-refractivity contribution in [2.45, 2.75) is 12.2 Å². The zero-order chi connectivity index (χ0) is 24.4. The summed E-state index contributed by atoms with van der Waals surface area (Å²) in [4.78, 5) is 30.7. The highest BCUT2D eigenvalue weighted by Gasteiger charge is 2.30. The van der Waals surface area contributed by atoms with Gasteiger partial charge in [0.25, 0.3) is 11.8 Å². The Morgan fingerprint density at radius 2 is 1.09 bits per heavy atom. The van der Waals surface area contributed by atoms with Crippen molar-refractivity contribution in [1.29, 1.82) is 0 Å². The molecule has 5 rings (SSSR count). The van der Waals surface area contributed by atoms with E-state index in [1.54, 1.807) is 46.2 Å². The SMILES string of the molecule is O=C(c1ccc(C(=O)N2CCOC(c3ccc(F)cc3)C2)s1)N1CCOC(c2ccc(F)cc2)C1. The Balaban J connectivity index is 1.24. The predicted molar refractivity (Wildman–Crippen MR) is 126 cm³/mol. The maximum absolute atomic E-state index is 13.2. The van der Waals surface area contributed by atoms with Gasteiger partial charge in [0.2, 0.25) is 0 Å². The molecule has 2 fully saturated rings. The van der Waals surface area contributed by atoms with E-state index in [1.165, 1.54) is 35.6 Å². The summed E-state index contributed by atoms with van der Waals surface area (Å²) in [6.45, 7) is 2.36. The zero-order valence-electron chi connectivity index (χ0n) is 18.9. The molecule has 0 radical (unpaired) electrons. The quantitative estimate of drug-likeness (QED) is 0.533. The Morgan fingerprint density at radius 1 is 0.686 bits per heavy atom. The van der Waals surface area contributed by atoms with Gasteiger partial charge < -0.3 is 19.3 Å². The summed E-state index contributed by atoms with van der Waals surface area (Å²) in [6.07, 6.45) is -0.655. The van der Waals surface area contributed by atoms with Crippen molar-refractivity contribution in [2.75, 3.05) is 39.4 Å². The van der Waals surface area contributed by atoms with E-state index in [0.717, 1.165) is 11.1 Å². The van der Waals surface area contributed by atoms with Crippen molar-refractivity contribution in [3.05, 3.63) is 93.2 Å². The number of benzene rings is 2. The van der Waals surface area contributed by atoms with Gasteiger partial charge in [-0.1, -0.05) is 24.3 Å². The van der Waals surface area contributed by atoms with Crippen molar-refractivity contribution < 1.29 is 27.8 Å². The minimum atomic E-state index is -0.328. The average molecular weight is 499 g/mol. The van der Waals surface area contributed by atoms with Crippen molar-refractivity contribution in [3.8, 4) is 0 Å². The van der Waals surface area contributed by atoms with E-state index in [0.29, 0.717) is 49.1 Å². The maximum Gasteiger partial charge on any atom is 0.264 e. The number of rotatable bonds is 4. The maximum atomic E-state index is 13.2. The third-order valence-corrected chi connectivity index (χ3v) is 7.28. The van der Waals surface area contributed by atoms with Crippen LogP contribution in [0.3, 0.4) is 0 Å². The fraction of sp³-hybridized carbons (Fsp3) is 0.308. The largest absolute Gasteiger partial charge is 0.370 e. The van der Waals surface area contributed by atoms with Crippen molar-refractivity contribution >= 4 is 23.2 Å². The molecule has 6 nitrogen and oxygen atoms in total. The van der Waals surface area contributed by atoms with Crippen molar-refractivity contribution in [3.63, 3.8) is 0 Å². The number of carbonyl (C=O) groups excluding carboxylic acids is 2. The van der Waals surface area contributed by atoms with E-state index in [2.05, 4.69) is 0 Å². The summed E-state index contributed by atoms with van der Waals surface area (Å²) < 4.78 is 38.1. The summed E-state index contributed by atoms with van der Waals surface area (Å²) >= 11 is 1.17. The van der Waals surface area contributed by atoms with Gasteiger partial charge in [-0.05, 0) is 47.5 Å². The lowest BCUT2D eigenvalue weighted by atomic mass is 10.1. The van der Waals surface area contributed by atoms with Gasteiger partial charge in [-0.3, -0.25) is 9.59 Å². The fourth-order valence-electron chi connectivity index (χ4n) is 4.31. The number of morpholine rings is 2. The summed E-state index contributed by atoms with van der Waals surface area (Å²) in [5.41, 5.74) is 1.63. The van der Waals surface area contributed by atoms with Crippen LogP contribution >= 0.6 is 11.3 Å². The minimum Gasteiger partial charge on any atom is -0.370 e. The number of amides is 2. The molecule has 0 bridgehead atoms.